The molecule has 0 spiro atoms. The summed E-state index contributed by atoms with van der Waals surface area (Å²) in [6.07, 6.45) is 7.97. The highest BCUT2D eigenvalue weighted by atomic mass is 19.1. The monoisotopic (exact) mass is 626 g/mol. The summed E-state index contributed by atoms with van der Waals surface area (Å²) < 4.78 is 35.3. The first-order valence-corrected chi connectivity index (χ1v) is 15.0. The number of carbonyl (C=O) groups is 1. The van der Waals surface area contributed by atoms with Crippen LogP contribution in [-0.4, -0.2) is 49.7 Å². The second kappa shape index (κ2) is 14.4. The van der Waals surface area contributed by atoms with Crippen LogP contribution in [0.4, 0.5) is 8.78 Å². The van der Waals surface area contributed by atoms with Crippen molar-refractivity contribution in [3.05, 3.63) is 113 Å². The van der Waals surface area contributed by atoms with E-state index in [9.17, 15) is 18.4 Å². The number of hydrogen-bond acceptors (Lipinski definition) is 7. The van der Waals surface area contributed by atoms with E-state index >= 15 is 0 Å². The van der Waals surface area contributed by atoms with Crippen molar-refractivity contribution in [2.45, 2.75) is 51.8 Å². The van der Waals surface area contributed by atoms with Crippen molar-refractivity contribution in [2.24, 2.45) is 0 Å². The number of carbonyl (C=O) groups excluding carboxylic acids is 1. The van der Waals surface area contributed by atoms with Crippen LogP contribution in [0.1, 0.15) is 45.2 Å². The molecule has 0 aliphatic carbocycles. The number of piperidine rings is 1. The maximum Gasteiger partial charge on any atom is 0.293 e. The van der Waals surface area contributed by atoms with E-state index in [0.717, 1.165) is 59.9 Å². The van der Waals surface area contributed by atoms with Crippen molar-refractivity contribution in [2.75, 3.05) is 13.1 Å². The molecule has 2 aromatic carbocycles. The molecule has 46 heavy (non-hydrogen) atoms. The molecule has 0 bridgehead atoms. The molecule has 11 heteroatoms. The summed E-state index contributed by atoms with van der Waals surface area (Å²) in [4.78, 5) is 26.8. The Hall–Kier alpha value is -5.03. The van der Waals surface area contributed by atoms with E-state index in [1.165, 1.54) is 28.9 Å². The van der Waals surface area contributed by atoms with E-state index in [0.29, 0.717) is 18.2 Å². The van der Waals surface area contributed by atoms with Gasteiger partial charge in [-0.15, -0.1) is 0 Å². The summed E-state index contributed by atoms with van der Waals surface area (Å²) in [5, 5.41) is 12.3. The van der Waals surface area contributed by atoms with Gasteiger partial charge in [-0.2, -0.15) is 10.2 Å². The Balaban J connectivity index is 0.000000537. The SMILES string of the molecule is CC(C)(C)OC=O.O=c1ccc(-c2cc(F)cc(F)c2)nn1Cc1cccc(-c2ccc(-c3cnn(C4CCNCC4)c3)cn2)c1. The molecule has 0 atom stereocenters. The van der Waals surface area contributed by atoms with Gasteiger partial charge in [0.15, 0.2) is 0 Å². The van der Waals surface area contributed by atoms with Crippen LogP contribution in [-0.2, 0) is 16.1 Å². The summed E-state index contributed by atoms with van der Waals surface area (Å²) >= 11 is 0. The highest BCUT2D eigenvalue weighted by Gasteiger charge is 2.16. The minimum absolute atomic E-state index is 0.201. The summed E-state index contributed by atoms with van der Waals surface area (Å²) in [6.45, 7) is 8.15. The summed E-state index contributed by atoms with van der Waals surface area (Å²) in [5.74, 6) is -1.40. The van der Waals surface area contributed by atoms with Crippen LogP contribution in [0, 0.1) is 11.6 Å². The van der Waals surface area contributed by atoms with Crippen LogP contribution < -0.4 is 10.9 Å². The third kappa shape index (κ3) is 8.57. The first-order valence-electron chi connectivity index (χ1n) is 15.0. The molecule has 0 unspecified atom stereocenters. The Morgan fingerprint density at radius 2 is 1.63 bits per heavy atom. The van der Waals surface area contributed by atoms with Gasteiger partial charge >= 0.3 is 0 Å². The van der Waals surface area contributed by atoms with Crippen molar-refractivity contribution < 1.29 is 18.3 Å². The van der Waals surface area contributed by atoms with Gasteiger partial charge in [0.1, 0.15) is 17.2 Å². The predicted octanol–water partition coefficient (Wildman–Crippen LogP) is 6.04. The van der Waals surface area contributed by atoms with Gasteiger partial charge < -0.3 is 10.1 Å². The minimum Gasteiger partial charge on any atom is -0.462 e. The van der Waals surface area contributed by atoms with Gasteiger partial charge in [0, 0.05) is 46.8 Å². The largest absolute Gasteiger partial charge is 0.462 e. The molecule has 0 amide bonds. The zero-order chi connectivity index (χ0) is 32.7. The van der Waals surface area contributed by atoms with Crippen molar-refractivity contribution >= 4 is 6.47 Å². The fraction of sp³-hybridized carbons (Fsp3) is 0.286. The van der Waals surface area contributed by atoms with Crippen molar-refractivity contribution in [1.29, 1.82) is 0 Å². The quantitative estimate of drug-likeness (QED) is 0.220. The normalized spacial score (nSPS) is 13.5. The fourth-order valence-electron chi connectivity index (χ4n) is 5.06. The van der Waals surface area contributed by atoms with E-state index < -0.39 is 11.6 Å². The Labute approximate surface area is 265 Å². The Bertz CT molecular complexity index is 1820. The third-order valence-electron chi connectivity index (χ3n) is 7.36. The molecule has 1 aliphatic heterocycles. The zero-order valence-corrected chi connectivity index (χ0v) is 26.0. The van der Waals surface area contributed by atoms with Crippen LogP contribution in [0.3, 0.4) is 0 Å². The Morgan fingerprint density at radius 3 is 2.28 bits per heavy atom. The molecule has 9 nitrogen and oxygen atoms in total. The molecule has 1 aliphatic rings. The highest BCUT2D eigenvalue weighted by Crippen LogP contribution is 2.26. The lowest BCUT2D eigenvalue weighted by molar-refractivity contribution is -0.138. The van der Waals surface area contributed by atoms with Crippen LogP contribution in [0.15, 0.2) is 90.1 Å². The number of ether oxygens (including phenoxy) is 1. The second-order valence-corrected chi connectivity index (χ2v) is 12.0. The summed E-state index contributed by atoms with van der Waals surface area (Å²) in [7, 11) is 0. The third-order valence-corrected chi connectivity index (χ3v) is 7.36. The molecular formula is C35H36F2N6O3. The number of aromatic nitrogens is 5. The van der Waals surface area contributed by atoms with Gasteiger partial charge in [-0.1, -0.05) is 24.3 Å². The number of rotatable bonds is 7. The van der Waals surface area contributed by atoms with Gasteiger partial charge in [0.2, 0.25) is 0 Å². The van der Waals surface area contributed by atoms with Gasteiger partial charge in [0.05, 0.1) is 30.2 Å². The molecule has 1 N–H and O–H groups in total. The van der Waals surface area contributed by atoms with E-state index in [-0.39, 0.29) is 23.3 Å². The molecule has 0 radical (unpaired) electrons. The number of halogens is 2. The molecular weight excluding hydrogens is 590 g/mol. The maximum atomic E-state index is 13.7. The van der Waals surface area contributed by atoms with E-state index in [2.05, 4.69) is 36.1 Å². The molecule has 3 aromatic heterocycles. The summed E-state index contributed by atoms with van der Waals surface area (Å²) in [5.41, 5.74) is 4.53. The van der Waals surface area contributed by atoms with Crippen molar-refractivity contribution in [3.8, 4) is 33.6 Å². The van der Waals surface area contributed by atoms with Crippen LogP contribution in [0.2, 0.25) is 0 Å². The number of nitrogens with one attached hydrogen (secondary N) is 1. The predicted molar refractivity (Wildman–Crippen MR) is 172 cm³/mol. The smallest absolute Gasteiger partial charge is 0.293 e. The molecule has 4 heterocycles. The molecule has 6 rings (SSSR count). The Morgan fingerprint density at radius 1 is 0.891 bits per heavy atom. The van der Waals surface area contributed by atoms with Crippen LogP contribution in [0.5, 0.6) is 0 Å². The maximum absolute atomic E-state index is 13.7. The average molecular weight is 627 g/mol. The lowest BCUT2D eigenvalue weighted by Gasteiger charge is -2.22. The van der Waals surface area contributed by atoms with E-state index in [1.54, 1.807) is 0 Å². The fourth-order valence-corrected chi connectivity index (χ4v) is 5.06. The topological polar surface area (TPSA) is 104 Å². The molecule has 0 saturated carbocycles. The number of hydrogen-bond donors (Lipinski definition) is 1. The molecule has 238 valence electrons. The molecule has 1 saturated heterocycles. The van der Waals surface area contributed by atoms with Gasteiger partial charge in [-0.3, -0.25) is 19.3 Å². The number of nitrogens with zero attached hydrogens (tertiary/aromatic N) is 5. The van der Waals surface area contributed by atoms with Crippen molar-refractivity contribution in [3.63, 3.8) is 0 Å². The lowest BCUT2D eigenvalue weighted by Crippen LogP contribution is -2.29. The molecule has 5 aromatic rings. The Kier molecular flexibility index (Phi) is 10.1. The highest BCUT2D eigenvalue weighted by molar-refractivity contribution is 5.66. The van der Waals surface area contributed by atoms with Crippen LogP contribution >= 0.6 is 0 Å². The number of pyridine rings is 1. The average Bonchev–Trinajstić information content (AvgIpc) is 3.53. The van der Waals surface area contributed by atoms with Crippen molar-refractivity contribution in [1.82, 2.24) is 29.9 Å². The standard InChI is InChI=1S/C30H26F2N6O.C5H10O2/c31-25-13-23(14-26(32)15-25)29-6-7-30(39)38(36-29)18-20-2-1-3-21(12-20)28-5-4-22(16-34-28)24-17-35-37(19-24)27-8-10-33-11-9-27;1-5(2,3)7-4-6/h1-7,12-17,19,27,33H,8-11,18H2;4H,1-3H3. The van der Waals surface area contributed by atoms with Crippen LogP contribution in [0.25, 0.3) is 33.6 Å². The minimum atomic E-state index is -0.702. The van der Waals surface area contributed by atoms with Gasteiger partial charge in [-0.05, 0) is 82.6 Å². The molecule has 1 fully saturated rings. The first-order chi connectivity index (χ1) is 22.1. The lowest BCUT2D eigenvalue weighted by atomic mass is 10.1. The zero-order valence-electron chi connectivity index (χ0n) is 26.0. The van der Waals surface area contributed by atoms with E-state index in [1.807, 2.05) is 69.6 Å². The first kappa shape index (κ1) is 32.4. The van der Waals surface area contributed by atoms with E-state index in [4.69, 9.17) is 0 Å². The van der Waals surface area contributed by atoms with Gasteiger partial charge in [-0.25, -0.2) is 13.5 Å². The second-order valence-electron chi connectivity index (χ2n) is 12.0. The summed E-state index contributed by atoms with van der Waals surface area (Å²) in [6, 6.07) is 18.1. The number of benzene rings is 2. The van der Waals surface area contributed by atoms with Gasteiger partial charge in [0.25, 0.3) is 12.0 Å².